The molecular formula is C20H25O4P. The Morgan fingerprint density at radius 3 is 2.08 bits per heavy atom. The average molecular weight is 360 g/mol. The Balaban J connectivity index is 2.38. The number of aryl methyl sites for hydroxylation is 3. The Labute approximate surface area is 150 Å². The van der Waals surface area contributed by atoms with Gasteiger partial charge in [-0.2, -0.15) is 0 Å². The maximum absolute atomic E-state index is 13.3. The van der Waals surface area contributed by atoms with Crippen molar-refractivity contribution >= 4 is 19.0 Å². The van der Waals surface area contributed by atoms with Crippen LogP contribution in [-0.4, -0.2) is 33.0 Å². The molecule has 0 saturated carbocycles. The minimum atomic E-state index is -1.44. The summed E-state index contributed by atoms with van der Waals surface area (Å²) in [6.45, 7) is 6.82. The van der Waals surface area contributed by atoms with Gasteiger partial charge in [0.1, 0.15) is 13.9 Å². The highest BCUT2D eigenvalue weighted by Gasteiger charge is 2.26. The summed E-state index contributed by atoms with van der Waals surface area (Å²) < 4.78 is 16.2. The van der Waals surface area contributed by atoms with Gasteiger partial charge in [0, 0.05) is 18.0 Å². The molecule has 0 saturated heterocycles. The van der Waals surface area contributed by atoms with E-state index in [4.69, 9.17) is 14.0 Å². The van der Waals surface area contributed by atoms with Gasteiger partial charge in [-0.15, -0.1) is 0 Å². The van der Waals surface area contributed by atoms with Crippen molar-refractivity contribution in [2.45, 2.75) is 20.8 Å². The lowest BCUT2D eigenvalue weighted by molar-refractivity contribution is 0.105. The van der Waals surface area contributed by atoms with Crippen LogP contribution in [-0.2, 0) is 9.26 Å². The lowest BCUT2D eigenvalue weighted by atomic mass is 10.0. The number of methoxy groups -OCH3 is 2. The third-order valence-corrected chi connectivity index (χ3v) is 5.69. The normalized spacial score (nSPS) is 12.0. The smallest absolute Gasteiger partial charge is 0.216 e. The summed E-state index contributed by atoms with van der Waals surface area (Å²) in [6, 6.07) is 11.6. The van der Waals surface area contributed by atoms with Gasteiger partial charge in [0.25, 0.3) is 0 Å². The highest BCUT2D eigenvalue weighted by atomic mass is 31.1. The fourth-order valence-corrected chi connectivity index (χ4v) is 4.53. The van der Waals surface area contributed by atoms with E-state index in [1.165, 1.54) is 0 Å². The topological polar surface area (TPSA) is 44.8 Å². The van der Waals surface area contributed by atoms with Crippen LogP contribution >= 0.6 is 8.15 Å². The molecule has 25 heavy (non-hydrogen) atoms. The maximum Gasteiger partial charge on any atom is 0.216 e. The van der Waals surface area contributed by atoms with Crippen molar-refractivity contribution in [1.29, 1.82) is 0 Å². The fraction of sp³-hybridized carbons (Fsp3) is 0.350. The molecular weight excluding hydrogens is 335 g/mol. The van der Waals surface area contributed by atoms with Gasteiger partial charge in [0.15, 0.2) is 0 Å². The Hall–Kier alpha value is -1.74. The summed E-state index contributed by atoms with van der Waals surface area (Å²) in [5.74, 6) is 0.755. The van der Waals surface area contributed by atoms with Crippen LogP contribution in [0.5, 0.6) is 5.75 Å². The molecule has 0 radical (unpaired) electrons. The van der Waals surface area contributed by atoms with Crippen molar-refractivity contribution in [2.75, 3.05) is 27.4 Å². The average Bonchev–Trinajstić information content (AvgIpc) is 2.58. The van der Waals surface area contributed by atoms with Gasteiger partial charge >= 0.3 is 0 Å². The number of ether oxygens (including phenoxy) is 2. The number of benzene rings is 2. The van der Waals surface area contributed by atoms with E-state index in [9.17, 15) is 4.79 Å². The van der Waals surface area contributed by atoms with Crippen molar-refractivity contribution in [3.8, 4) is 5.75 Å². The largest absolute Gasteiger partial charge is 0.497 e. The molecule has 0 spiro atoms. The predicted molar refractivity (Wildman–Crippen MR) is 102 cm³/mol. The van der Waals surface area contributed by atoms with Crippen molar-refractivity contribution in [1.82, 2.24) is 0 Å². The van der Waals surface area contributed by atoms with Crippen LogP contribution in [0.1, 0.15) is 27.0 Å². The maximum atomic E-state index is 13.3. The number of hydrogen-bond acceptors (Lipinski definition) is 4. The molecule has 0 fully saturated rings. The molecule has 0 N–H and O–H groups in total. The molecule has 0 aliphatic carbocycles. The van der Waals surface area contributed by atoms with Gasteiger partial charge in [-0.05, 0) is 56.2 Å². The highest BCUT2D eigenvalue weighted by Crippen LogP contribution is 2.41. The second-order valence-electron chi connectivity index (χ2n) is 5.90. The van der Waals surface area contributed by atoms with Crippen LogP contribution < -0.4 is 10.0 Å². The zero-order chi connectivity index (χ0) is 18.4. The van der Waals surface area contributed by atoms with Crippen LogP contribution in [0.3, 0.4) is 0 Å². The van der Waals surface area contributed by atoms with Crippen LogP contribution in [0, 0.1) is 20.8 Å². The molecule has 0 bridgehead atoms. The predicted octanol–water partition coefficient (Wildman–Crippen LogP) is 4.15. The van der Waals surface area contributed by atoms with E-state index >= 15 is 0 Å². The van der Waals surface area contributed by atoms with Crippen LogP contribution in [0.4, 0.5) is 0 Å². The van der Waals surface area contributed by atoms with E-state index in [-0.39, 0.29) is 5.52 Å². The Morgan fingerprint density at radius 2 is 1.56 bits per heavy atom. The van der Waals surface area contributed by atoms with E-state index in [2.05, 4.69) is 0 Å². The first-order valence-electron chi connectivity index (χ1n) is 8.16. The van der Waals surface area contributed by atoms with E-state index in [1.54, 1.807) is 14.2 Å². The Bertz CT molecular complexity index is 702. The summed E-state index contributed by atoms with van der Waals surface area (Å²) in [5.41, 5.74) is 3.91. The van der Waals surface area contributed by atoms with Crippen molar-refractivity contribution in [3.05, 3.63) is 58.7 Å². The molecule has 2 aromatic rings. The molecule has 134 valence electrons. The fourth-order valence-electron chi connectivity index (χ4n) is 2.80. The SMILES string of the molecule is COCCOP(C(=O)c1c(C)cc(C)cc1C)c1ccc(OC)cc1. The molecule has 4 nitrogen and oxygen atoms in total. The first-order valence-corrected chi connectivity index (χ1v) is 9.42. The zero-order valence-corrected chi connectivity index (χ0v) is 16.4. The zero-order valence-electron chi connectivity index (χ0n) is 15.5. The molecule has 2 aromatic carbocycles. The molecule has 5 heteroatoms. The van der Waals surface area contributed by atoms with Crippen LogP contribution in [0.2, 0.25) is 0 Å². The van der Waals surface area contributed by atoms with Gasteiger partial charge in [0.05, 0.1) is 20.3 Å². The number of rotatable bonds is 8. The molecule has 0 amide bonds. The Morgan fingerprint density at radius 1 is 0.960 bits per heavy atom. The molecule has 1 unspecified atom stereocenters. The quantitative estimate of drug-likeness (QED) is 0.524. The molecule has 0 aliphatic rings. The Kier molecular flexibility index (Phi) is 7.12. The number of hydrogen-bond donors (Lipinski definition) is 0. The molecule has 0 aromatic heterocycles. The van der Waals surface area contributed by atoms with Gasteiger partial charge < -0.3 is 14.0 Å². The van der Waals surface area contributed by atoms with Crippen LogP contribution in [0.25, 0.3) is 0 Å². The monoisotopic (exact) mass is 360 g/mol. The minimum absolute atomic E-state index is 0.0336. The molecule has 2 rings (SSSR count). The van der Waals surface area contributed by atoms with Gasteiger partial charge in [-0.25, -0.2) is 0 Å². The van der Waals surface area contributed by atoms with Crippen molar-refractivity contribution in [3.63, 3.8) is 0 Å². The van der Waals surface area contributed by atoms with Crippen molar-refractivity contribution in [2.24, 2.45) is 0 Å². The summed E-state index contributed by atoms with van der Waals surface area (Å²) in [5, 5.41) is 0.872. The summed E-state index contributed by atoms with van der Waals surface area (Å²) >= 11 is 0. The van der Waals surface area contributed by atoms with Gasteiger partial charge in [-0.3, -0.25) is 4.79 Å². The lowest BCUT2D eigenvalue weighted by Crippen LogP contribution is -2.15. The van der Waals surface area contributed by atoms with E-state index in [1.807, 2.05) is 57.2 Å². The number of carbonyl (C=O) groups excluding carboxylic acids is 1. The van der Waals surface area contributed by atoms with Crippen molar-refractivity contribution < 1.29 is 18.8 Å². The second-order valence-corrected chi connectivity index (χ2v) is 7.67. The first-order chi connectivity index (χ1) is 12.0. The van der Waals surface area contributed by atoms with E-state index in [0.29, 0.717) is 13.2 Å². The summed E-state index contributed by atoms with van der Waals surface area (Å²) in [6.07, 6.45) is 0. The summed E-state index contributed by atoms with van der Waals surface area (Å²) in [7, 11) is 1.80. The highest BCUT2D eigenvalue weighted by molar-refractivity contribution is 7.78. The molecule has 0 heterocycles. The van der Waals surface area contributed by atoms with E-state index in [0.717, 1.165) is 33.3 Å². The second kappa shape index (κ2) is 9.10. The van der Waals surface area contributed by atoms with Crippen LogP contribution in [0.15, 0.2) is 36.4 Å². The minimum Gasteiger partial charge on any atom is -0.497 e. The first kappa shape index (κ1) is 19.6. The van der Waals surface area contributed by atoms with E-state index < -0.39 is 8.15 Å². The van der Waals surface area contributed by atoms with Gasteiger partial charge in [-0.1, -0.05) is 17.7 Å². The third kappa shape index (κ3) is 4.88. The molecule has 1 atom stereocenters. The third-order valence-electron chi connectivity index (χ3n) is 3.89. The lowest BCUT2D eigenvalue weighted by Gasteiger charge is -2.19. The number of carbonyl (C=O) groups is 1. The molecule has 0 aliphatic heterocycles. The standard InChI is InChI=1S/C20H25O4P/c1-14-12-15(2)19(16(3)13-14)20(21)25(24-11-10-22-4)18-8-6-17(23-5)7-9-18/h6-9,12-13H,10-11H2,1-5H3. The van der Waals surface area contributed by atoms with Gasteiger partial charge in [0.2, 0.25) is 5.52 Å². The summed E-state index contributed by atoms with van der Waals surface area (Å²) in [4.78, 5) is 13.3.